The van der Waals surface area contributed by atoms with Gasteiger partial charge in [-0.05, 0) is 30.7 Å². The Labute approximate surface area is 120 Å². The number of H-pyrrole nitrogens is 1. The Morgan fingerprint density at radius 1 is 1.10 bits per heavy atom. The predicted molar refractivity (Wildman–Crippen MR) is 81.9 cm³/mol. The summed E-state index contributed by atoms with van der Waals surface area (Å²) in [5.74, 6) is 0.661. The molecule has 0 aliphatic carbocycles. The molecule has 2 aromatic heterocycles. The van der Waals surface area contributed by atoms with Gasteiger partial charge in [0.25, 0.3) is 0 Å². The van der Waals surface area contributed by atoms with E-state index in [1.807, 2.05) is 55.5 Å². The summed E-state index contributed by atoms with van der Waals surface area (Å²) in [7, 11) is 0. The molecule has 2 N–H and O–H groups in total. The van der Waals surface area contributed by atoms with Crippen LogP contribution in [0.2, 0.25) is 0 Å². The maximum absolute atomic E-state index is 8.13. The monoisotopic (exact) mass is 275 g/mol. The highest BCUT2D eigenvalue weighted by Gasteiger charge is 2.10. The average molecular weight is 275 g/mol. The number of hydrogen-bond donors (Lipinski definition) is 2. The van der Waals surface area contributed by atoms with E-state index in [1.54, 1.807) is 0 Å². The molecule has 0 unspecified atom stereocenters. The van der Waals surface area contributed by atoms with E-state index in [-0.39, 0.29) is 5.55 Å². The van der Waals surface area contributed by atoms with Gasteiger partial charge in [-0.3, -0.25) is 5.41 Å². The molecule has 0 aliphatic heterocycles. The molecule has 102 valence electrons. The molecular weight excluding hydrogens is 262 g/mol. The molecule has 0 saturated carbocycles. The average Bonchev–Trinajstić information content (AvgIpc) is 2.91. The van der Waals surface area contributed by atoms with Gasteiger partial charge >= 0.3 is 0 Å². The maximum Gasteiger partial charge on any atom is 0.223 e. The number of benzene rings is 2. The number of rotatable bonds is 1. The summed E-state index contributed by atoms with van der Waals surface area (Å²) >= 11 is 0. The van der Waals surface area contributed by atoms with Crippen LogP contribution >= 0.6 is 0 Å². The summed E-state index contributed by atoms with van der Waals surface area (Å²) < 4.78 is 5.68. The van der Waals surface area contributed by atoms with Gasteiger partial charge in [-0.25, -0.2) is 4.98 Å². The lowest BCUT2D eigenvalue weighted by Crippen LogP contribution is -2.04. The third-order valence-corrected chi connectivity index (χ3v) is 3.64. The molecule has 2 heterocycles. The third-order valence-electron chi connectivity index (χ3n) is 3.64. The lowest BCUT2D eigenvalue weighted by molar-refractivity contribution is 0.533. The highest BCUT2D eigenvalue weighted by Crippen LogP contribution is 2.23. The fraction of sp³-hybridized carbons (Fsp3) is 0.0588. The minimum Gasteiger partial charge on any atom is -0.438 e. The molecule has 0 bridgehead atoms. The van der Waals surface area contributed by atoms with E-state index in [2.05, 4.69) is 9.97 Å². The van der Waals surface area contributed by atoms with E-state index in [0.29, 0.717) is 11.4 Å². The number of aryl methyl sites for hydroxylation is 1. The lowest BCUT2D eigenvalue weighted by Gasteiger charge is -2.03. The Kier molecular flexibility index (Phi) is 2.44. The van der Waals surface area contributed by atoms with Crippen molar-refractivity contribution in [3.05, 3.63) is 59.6 Å². The van der Waals surface area contributed by atoms with Crippen molar-refractivity contribution in [3.8, 4) is 11.4 Å². The van der Waals surface area contributed by atoms with Crippen molar-refractivity contribution in [2.24, 2.45) is 0 Å². The molecule has 4 rings (SSSR count). The van der Waals surface area contributed by atoms with Gasteiger partial charge in [0, 0.05) is 5.39 Å². The van der Waals surface area contributed by atoms with Crippen LogP contribution in [0.1, 0.15) is 5.56 Å². The second-order valence-electron chi connectivity index (χ2n) is 5.09. The molecule has 0 radical (unpaired) electrons. The quantitative estimate of drug-likeness (QED) is 0.555. The van der Waals surface area contributed by atoms with Crippen LogP contribution in [0.5, 0.6) is 0 Å². The number of para-hydroxylation sites is 3. The number of aromatic amines is 1. The number of nitrogens with one attached hydrogen (secondary N) is 2. The minimum absolute atomic E-state index is 0.121. The number of aromatic nitrogens is 2. The SMILES string of the molecule is Cc1cccc2cc(-c3nc4ccccc4[nH]3)c(=N)oc12. The molecular formula is C17H13N3O. The first-order valence-corrected chi connectivity index (χ1v) is 6.75. The summed E-state index contributed by atoms with van der Waals surface area (Å²) in [6.07, 6.45) is 0. The first-order chi connectivity index (χ1) is 10.2. The Hall–Kier alpha value is -2.88. The molecule has 4 heteroatoms. The van der Waals surface area contributed by atoms with Crippen LogP contribution in [0.25, 0.3) is 33.4 Å². The molecule has 0 saturated heterocycles. The van der Waals surface area contributed by atoms with E-state index >= 15 is 0 Å². The fourth-order valence-electron chi connectivity index (χ4n) is 2.56. The Balaban J connectivity index is 2.01. The Morgan fingerprint density at radius 2 is 1.95 bits per heavy atom. The lowest BCUT2D eigenvalue weighted by atomic mass is 10.1. The van der Waals surface area contributed by atoms with Crippen LogP contribution in [-0.4, -0.2) is 9.97 Å². The summed E-state index contributed by atoms with van der Waals surface area (Å²) in [5.41, 5.74) is 4.41. The first kappa shape index (κ1) is 11.9. The molecule has 4 aromatic rings. The Bertz CT molecular complexity index is 994. The first-order valence-electron chi connectivity index (χ1n) is 6.75. The maximum atomic E-state index is 8.13. The van der Waals surface area contributed by atoms with Crippen molar-refractivity contribution in [3.63, 3.8) is 0 Å². The second-order valence-corrected chi connectivity index (χ2v) is 5.09. The highest BCUT2D eigenvalue weighted by atomic mass is 16.3. The van der Waals surface area contributed by atoms with Crippen molar-refractivity contribution in [2.45, 2.75) is 6.92 Å². The summed E-state index contributed by atoms with van der Waals surface area (Å²) in [4.78, 5) is 7.78. The predicted octanol–water partition coefficient (Wildman–Crippen LogP) is 3.76. The van der Waals surface area contributed by atoms with E-state index in [0.717, 1.165) is 27.6 Å². The van der Waals surface area contributed by atoms with Gasteiger partial charge in [0.15, 0.2) is 0 Å². The van der Waals surface area contributed by atoms with Crippen molar-refractivity contribution in [1.82, 2.24) is 9.97 Å². The zero-order valence-corrected chi connectivity index (χ0v) is 11.5. The number of fused-ring (bicyclic) bond motifs is 2. The summed E-state index contributed by atoms with van der Waals surface area (Å²) in [6, 6.07) is 15.7. The van der Waals surface area contributed by atoms with Crippen molar-refractivity contribution in [2.75, 3.05) is 0 Å². The number of hydrogen-bond acceptors (Lipinski definition) is 3. The zero-order valence-electron chi connectivity index (χ0n) is 11.5. The number of imidazole rings is 1. The molecule has 0 spiro atoms. The standard InChI is InChI=1S/C17H13N3O/c1-10-5-4-6-11-9-12(16(18)21-15(10)11)17-19-13-7-2-3-8-14(13)20-17/h2-9,18H,1H3,(H,19,20). The van der Waals surface area contributed by atoms with Gasteiger partial charge in [-0.15, -0.1) is 0 Å². The Morgan fingerprint density at radius 3 is 2.81 bits per heavy atom. The number of nitrogens with zero attached hydrogens (tertiary/aromatic N) is 1. The van der Waals surface area contributed by atoms with Gasteiger partial charge in [-0.2, -0.15) is 0 Å². The molecule has 0 atom stereocenters. The molecule has 2 aromatic carbocycles. The van der Waals surface area contributed by atoms with E-state index in [1.165, 1.54) is 0 Å². The third kappa shape index (κ3) is 1.84. The van der Waals surface area contributed by atoms with Crippen LogP contribution < -0.4 is 5.55 Å². The van der Waals surface area contributed by atoms with E-state index in [9.17, 15) is 0 Å². The smallest absolute Gasteiger partial charge is 0.223 e. The van der Waals surface area contributed by atoms with Crippen LogP contribution in [-0.2, 0) is 0 Å². The van der Waals surface area contributed by atoms with Gasteiger partial charge in [0.05, 0.1) is 16.6 Å². The van der Waals surface area contributed by atoms with Crippen LogP contribution in [0, 0.1) is 12.3 Å². The van der Waals surface area contributed by atoms with Crippen molar-refractivity contribution >= 4 is 22.0 Å². The van der Waals surface area contributed by atoms with E-state index < -0.39 is 0 Å². The van der Waals surface area contributed by atoms with Gasteiger partial charge < -0.3 is 9.40 Å². The van der Waals surface area contributed by atoms with Crippen LogP contribution in [0.3, 0.4) is 0 Å². The molecule has 4 nitrogen and oxygen atoms in total. The van der Waals surface area contributed by atoms with Crippen LogP contribution in [0.15, 0.2) is 52.9 Å². The van der Waals surface area contributed by atoms with Crippen molar-refractivity contribution < 1.29 is 4.42 Å². The molecule has 0 fully saturated rings. The van der Waals surface area contributed by atoms with E-state index in [4.69, 9.17) is 9.83 Å². The largest absolute Gasteiger partial charge is 0.438 e. The van der Waals surface area contributed by atoms with Gasteiger partial charge in [0.1, 0.15) is 11.4 Å². The summed E-state index contributed by atoms with van der Waals surface area (Å²) in [5, 5.41) is 9.11. The van der Waals surface area contributed by atoms with Gasteiger partial charge in [-0.1, -0.05) is 30.3 Å². The molecule has 0 aliphatic rings. The normalized spacial score (nSPS) is 11.3. The molecule has 21 heavy (non-hydrogen) atoms. The highest BCUT2D eigenvalue weighted by molar-refractivity contribution is 5.84. The molecule has 0 amide bonds. The van der Waals surface area contributed by atoms with Gasteiger partial charge in [0.2, 0.25) is 5.55 Å². The fourth-order valence-corrected chi connectivity index (χ4v) is 2.56. The topological polar surface area (TPSA) is 65.7 Å². The zero-order chi connectivity index (χ0) is 14.4. The summed E-state index contributed by atoms with van der Waals surface area (Å²) in [6.45, 7) is 1.98. The van der Waals surface area contributed by atoms with Crippen LogP contribution in [0.4, 0.5) is 0 Å². The second kappa shape index (κ2) is 4.31. The minimum atomic E-state index is 0.121. The van der Waals surface area contributed by atoms with Crippen molar-refractivity contribution in [1.29, 1.82) is 5.41 Å².